The quantitative estimate of drug-likeness (QED) is 0.557. The molecule has 1 aromatic carbocycles. The zero-order valence-electron chi connectivity index (χ0n) is 21.5. The molecular formula is C30H35N3O2. The molecule has 3 heterocycles. The summed E-state index contributed by atoms with van der Waals surface area (Å²) < 4.78 is 5.43. The van der Waals surface area contributed by atoms with Gasteiger partial charge in [0.1, 0.15) is 0 Å². The molecule has 2 fully saturated rings. The lowest BCUT2D eigenvalue weighted by Crippen LogP contribution is -2.68. The van der Waals surface area contributed by atoms with E-state index in [0.29, 0.717) is 5.92 Å². The van der Waals surface area contributed by atoms with Gasteiger partial charge in [-0.1, -0.05) is 57.2 Å². The van der Waals surface area contributed by atoms with Crippen molar-refractivity contribution in [2.75, 3.05) is 0 Å². The van der Waals surface area contributed by atoms with E-state index in [9.17, 15) is 9.59 Å². The van der Waals surface area contributed by atoms with Crippen molar-refractivity contribution in [3.63, 3.8) is 0 Å². The Hall–Kier alpha value is -2.56. The fraction of sp³-hybridized carbons (Fsp3) is 0.600. The Morgan fingerprint density at radius 3 is 2.20 bits per heavy atom. The standard InChI is InChI=1S/C30H35N3O2/c1-17-6-7-18(2)24-20(17)11-13-29-14-15-30(24,29)22-9-8-21(29)32-25(34)31(26(35)33(22)32)23-16-19-10-12-28(23,5)27(19,3)4/h6-9,14-15,19,21-23H,10-13,16H2,1-5H3/t19-,21-,22-,23-,28-,29-,30+/m1/s1. The Morgan fingerprint density at radius 2 is 1.57 bits per heavy atom. The van der Waals surface area contributed by atoms with Crippen LogP contribution in [0.4, 0.5) is 0 Å². The van der Waals surface area contributed by atoms with Crippen LogP contribution in [0, 0.1) is 36.0 Å². The van der Waals surface area contributed by atoms with Gasteiger partial charge in [0, 0.05) is 11.5 Å². The third-order valence-corrected chi connectivity index (χ3v) is 12.5. The minimum absolute atomic E-state index is 0.0137. The Kier molecular flexibility index (Phi) is 3.36. The van der Waals surface area contributed by atoms with Gasteiger partial charge in [-0.25, -0.2) is 23.5 Å². The molecule has 2 aromatic rings. The average Bonchev–Trinajstić information content (AvgIpc) is 3.28. The molecule has 182 valence electrons. The van der Waals surface area contributed by atoms with Gasteiger partial charge in [-0.05, 0) is 85.0 Å². The maximum Gasteiger partial charge on any atom is 0.348 e. The van der Waals surface area contributed by atoms with Crippen molar-refractivity contribution in [1.82, 2.24) is 13.9 Å². The van der Waals surface area contributed by atoms with Gasteiger partial charge in [0.15, 0.2) is 0 Å². The van der Waals surface area contributed by atoms with E-state index in [-0.39, 0.29) is 51.2 Å². The Labute approximate surface area is 206 Å². The zero-order chi connectivity index (χ0) is 24.3. The normalized spacial score (nSPS) is 42.4. The van der Waals surface area contributed by atoms with E-state index >= 15 is 0 Å². The van der Waals surface area contributed by atoms with Crippen LogP contribution in [0.25, 0.3) is 0 Å². The molecule has 2 saturated carbocycles. The number of aryl methyl sites for hydroxylation is 2. The van der Waals surface area contributed by atoms with Crippen LogP contribution in [-0.4, -0.2) is 13.9 Å². The first-order valence-electron chi connectivity index (χ1n) is 13.5. The molecule has 5 aliphatic carbocycles. The largest absolute Gasteiger partial charge is 0.348 e. The number of allylic oxidation sites excluding steroid dienone is 4. The third-order valence-electron chi connectivity index (χ3n) is 12.5. The van der Waals surface area contributed by atoms with Crippen molar-refractivity contribution in [2.45, 2.75) is 90.3 Å². The summed E-state index contributed by atoms with van der Waals surface area (Å²) in [6.07, 6.45) is 14.5. The van der Waals surface area contributed by atoms with Crippen LogP contribution in [0.5, 0.6) is 0 Å². The molecule has 1 aromatic heterocycles. The second-order valence-corrected chi connectivity index (χ2v) is 13.3. The Morgan fingerprint density at radius 1 is 0.886 bits per heavy atom. The summed E-state index contributed by atoms with van der Waals surface area (Å²) in [5.41, 5.74) is 5.10. The van der Waals surface area contributed by atoms with E-state index in [2.05, 4.69) is 71.1 Å². The van der Waals surface area contributed by atoms with Crippen LogP contribution in [-0.2, 0) is 11.8 Å². The molecule has 0 saturated heterocycles. The summed E-state index contributed by atoms with van der Waals surface area (Å²) in [7, 11) is 0. The number of fused-ring (bicyclic) bond motifs is 3. The van der Waals surface area contributed by atoms with Crippen LogP contribution in [0.2, 0.25) is 0 Å². The topological polar surface area (TPSA) is 48.9 Å². The molecular weight excluding hydrogens is 434 g/mol. The van der Waals surface area contributed by atoms with Gasteiger partial charge in [-0.3, -0.25) is 0 Å². The smallest absolute Gasteiger partial charge is 0.246 e. The molecule has 9 rings (SSSR count). The van der Waals surface area contributed by atoms with Gasteiger partial charge < -0.3 is 0 Å². The minimum Gasteiger partial charge on any atom is -0.246 e. The van der Waals surface area contributed by atoms with Crippen LogP contribution in [0.3, 0.4) is 0 Å². The minimum atomic E-state index is -0.240. The molecule has 0 N–H and O–H groups in total. The van der Waals surface area contributed by atoms with Crippen LogP contribution in [0.15, 0.2) is 46.0 Å². The number of hydrogen-bond acceptors (Lipinski definition) is 2. The summed E-state index contributed by atoms with van der Waals surface area (Å²) in [6, 6.07) is 4.22. The maximum absolute atomic E-state index is 14.3. The molecule has 0 radical (unpaired) electrons. The van der Waals surface area contributed by atoms with E-state index in [1.54, 1.807) is 4.57 Å². The Balaban J connectivity index is 1.39. The number of hydrogen-bond donors (Lipinski definition) is 0. The second-order valence-electron chi connectivity index (χ2n) is 13.3. The lowest BCUT2D eigenvalue weighted by Gasteiger charge is -2.67. The maximum atomic E-state index is 14.3. The highest BCUT2D eigenvalue weighted by atomic mass is 16.2. The van der Waals surface area contributed by atoms with Gasteiger partial charge in [-0.2, -0.15) is 0 Å². The molecule has 5 heteroatoms. The molecule has 7 atom stereocenters. The fourth-order valence-electron chi connectivity index (χ4n) is 10.1. The van der Waals surface area contributed by atoms with E-state index in [1.165, 1.54) is 28.7 Å². The number of aromatic nitrogens is 3. The highest BCUT2D eigenvalue weighted by Crippen LogP contribution is 2.72. The lowest BCUT2D eigenvalue weighted by molar-refractivity contribution is -0.00767. The highest BCUT2D eigenvalue weighted by molar-refractivity contribution is 5.61. The van der Waals surface area contributed by atoms with Crippen LogP contribution in [0.1, 0.15) is 86.8 Å². The molecule has 4 bridgehead atoms. The van der Waals surface area contributed by atoms with Gasteiger partial charge in [0.2, 0.25) is 0 Å². The summed E-state index contributed by atoms with van der Waals surface area (Å²) in [5.74, 6) is 0.579. The molecule has 5 nitrogen and oxygen atoms in total. The average molecular weight is 470 g/mol. The van der Waals surface area contributed by atoms with E-state index in [0.717, 1.165) is 25.7 Å². The van der Waals surface area contributed by atoms with Gasteiger partial charge in [-0.15, -0.1) is 0 Å². The Bertz CT molecular complexity index is 1530. The molecule has 0 spiro atoms. The number of rotatable bonds is 1. The van der Waals surface area contributed by atoms with E-state index in [1.807, 2.05) is 9.36 Å². The number of benzene rings is 1. The first-order valence-corrected chi connectivity index (χ1v) is 13.5. The zero-order valence-corrected chi connectivity index (χ0v) is 21.5. The summed E-state index contributed by atoms with van der Waals surface area (Å²) in [6.45, 7) is 11.5. The number of nitrogens with zero attached hydrogens (tertiary/aromatic N) is 3. The van der Waals surface area contributed by atoms with Crippen molar-refractivity contribution in [2.24, 2.45) is 22.2 Å². The van der Waals surface area contributed by atoms with Gasteiger partial charge >= 0.3 is 11.4 Å². The first-order chi connectivity index (χ1) is 16.6. The lowest BCUT2D eigenvalue weighted by atomic mass is 9.40. The monoisotopic (exact) mass is 469 g/mol. The first kappa shape index (κ1) is 20.6. The molecule has 2 aliphatic heterocycles. The van der Waals surface area contributed by atoms with Crippen LogP contribution < -0.4 is 11.4 Å². The van der Waals surface area contributed by atoms with Crippen molar-refractivity contribution in [1.29, 1.82) is 0 Å². The third kappa shape index (κ3) is 1.82. The van der Waals surface area contributed by atoms with E-state index in [4.69, 9.17) is 0 Å². The second kappa shape index (κ2) is 5.71. The van der Waals surface area contributed by atoms with Crippen LogP contribution >= 0.6 is 0 Å². The molecule has 0 amide bonds. The highest BCUT2D eigenvalue weighted by Gasteiger charge is 2.71. The van der Waals surface area contributed by atoms with E-state index < -0.39 is 0 Å². The summed E-state index contributed by atoms with van der Waals surface area (Å²) in [4.78, 5) is 28.5. The predicted molar refractivity (Wildman–Crippen MR) is 136 cm³/mol. The summed E-state index contributed by atoms with van der Waals surface area (Å²) in [5, 5.41) is 0. The van der Waals surface area contributed by atoms with Crippen molar-refractivity contribution in [3.05, 3.63) is 79.7 Å². The summed E-state index contributed by atoms with van der Waals surface area (Å²) >= 11 is 0. The van der Waals surface area contributed by atoms with Crippen molar-refractivity contribution < 1.29 is 0 Å². The van der Waals surface area contributed by atoms with Gasteiger partial charge in [0.25, 0.3) is 0 Å². The molecule has 35 heavy (non-hydrogen) atoms. The SMILES string of the molecule is Cc1ccc(C)c2c1CC[C@]13C=C[C@]21[C@H]1C=C[C@H]3n2c(=O)n([C@@H]3C[C@H]4CC[C@@]3(C)C4(C)C)c(=O)n21. The fourth-order valence-corrected chi connectivity index (χ4v) is 10.1. The molecule has 7 aliphatic rings. The van der Waals surface area contributed by atoms with Gasteiger partial charge in [0.05, 0.1) is 17.5 Å². The van der Waals surface area contributed by atoms with Crippen molar-refractivity contribution in [3.8, 4) is 0 Å². The predicted octanol–water partition coefficient (Wildman–Crippen LogP) is 4.92. The van der Waals surface area contributed by atoms with Crippen molar-refractivity contribution >= 4 is 0 Å². The molecule has 0 unspecified atom stereocenters.